The summed E-state index contributed by atoms with van der Waals surface area (Å²) in [5.41, 5.74) is 3.61. The molecular weight excluding hydrogens is 353 g/mol. The van der Waals surface area contributed by atoms with Crippen LogP contribution in [0.1, 0.15) is 11.1 Å². The van der Waals surface area contributed by atoms with E-state index in [9.17, 15) is 13.2 Å². The van der Waals surface area contributed by atoms with Crippen molar-refractivity contribution in [2.24, 2.45) is 5.10 Å². The van der Waals surface area contributed by atoms with E-state index in [0.717, 1.165) is 11.6 Å². The normalized spacial score (nSPS) is 14.1. The average Bonchev–Trinajstić information content (AvgIpc) is 3.14. The van der Waals surface area contributed by atoms with Gasteiger partial charge in [-0.2, -0.15) is 23.4 Å². The number of nitrogens with one attached hydrogen (secondary N) is 1. The second kappa shape index (κ2) is 6.68. The Morgan fingerprint density at radius 2 is 1.33 bits per heavy atom. The Hall–Kier alpha value is -3.48. The summed E-state index contributed by atoms with van der Waals surface area (Å²) in [6, 6.07) is 23.6. The Balaban J connectivity index is 1.81. The third-order valence-corrected chi connectivity index (χ3v) is 4.07. The van der Waals surface area contributed by atoms with Crippen LogP contribution in [-0.4, -0.2) is 5.84 Å². The van der Waals surface area contributed by atoms with Crippen LogP contribution in [-0.2, 0) is 6.18 Å². The summed E-state index contributed by atoms with van der Waals surface area (Å²) in [6.07, 6.45) is -4.49. The topological polar surface area (TPSA) is 30.9 Å². The van der Waals surface area contributed by atoms with Gasteiger partial charge in [0.05, 0.1) is 16.9 Å². The van der Waals surface area contributed by atoms with Gasteiger partial charge in [-0.1, -0.05) is 60.7 Å². The van der Waals surface area contributed by atoms with Crippen LogP contribution in [0, 0.1) is 0 Å². The van der Waals surface area contributed by atoms with Crippen LogP contribution in [0.25, 0.3) is 0 Å². The monoisotopic (exact) mass is 368 g/mol. The lowest BCUT2D eigenvalue weighted by atomic mass is 10.1. The Kier molecular flexibility index (Phi) is 4.19. The summed E-state index contributed by atoms with van der Waals surface area (Å²) in [6.45, 7) is 0. The lowest BCUT2D eigenvalue weighted by Crippen LogP contribution is -2.45. The fraction of sp³-hybridized carbons (Fsp3) is 0.0500. The van der Waals surface area contributed by atoms with Crippen molar-refractivity contribution < 1.29 is 13.2 Å². The second-order valence-corrected chi connectivity index (χ2v) is 5.88. The molecule has 3 aromatic carbocycles. The number of alkyl halides is 3. The highest BCUT2D eigenvalue weighted by Crippen LogP contribution is 2.38. The van der Waals surface area contributed by atoms with Gasteiger partial charge < -0.3 is 0 Å². The SMILES string of the molecule is FC(F)(F)c1ccccc1N1NC(c2ccccc2)=NN1c1ccccc1. The van der Waals surface area contributed by atoms with E-state index in [-0.39, 0.29) is 5.69 Å². The minimum Gasteiger partial charge on any atom is -0.259 e. The Bertz CT molecular complexity index is 956. The summed E-state index contributed by atoms with van der Waals surface area (Å²) in [7, 11) is 0. The van der Waals surface area contributed by atoms with Crippen LogP contribution in [0.2, 0.25) is 0 Å². The molecule has 4 rings (SSSR count). The number of para-hydroxylation sites is 2. The Labute approximate surface area is 154 Å². The van der Waals surface area contributed by atoms with E-state index in [2.05, 4.69) is 10.5 Å². The molecule has 0 saturated carbocycles. The smallest absolute Gasteiger partial charge is 0.259 e. The van der Waals surface area contributed by atoms with Crippen molar-refractivity contribution in [3.05, 3.63) is 96.1 Å². The molecule has 4 nitrogen and oxygen atoms in total. The molecule has 0 atom stereocenters. The predicted molar refractivity (Wildman–Crippen MR) is 99.0 cm³/mol. The van der Waals surface area contributed by atoms with Gasteiger partial charge in [-0.05, 0) is 24.3 Å². The van der Waals surface area contributed by atoms with Gasteiger partial charge in [0.15, 0.2) is 5.84 Å². The highest BCUT2D eigenvalue weighted by Gasteiger charge is 2.37. The van der Waals surface area contributed by atoms with E-state index in [0.29, 0.717) is 11.5 Å². The molecule has 7 heteroatoms. The number of nitrogens with zero attached hydrogens (tertiary/aromatic N) is 3. The van der Waals surface area contributed by atoms with E-state index in [1.807, 2.05) is 36.4 Å². The highest BCUT2D eigenvalue weighted by atomic mass is 19.4. The Morgan fingerprint density at radius 1 is 0.741 bits per heavy atom. The van der Waals surface area contributed by atoms with Crippen LogP contribution in [0.4, 0.5) is 24.5 Å². The van der Waals surface area contributed by atoms with Crippen molar-refractivity contribution in [2.45, 2.75) is 6.18 Å². The van der Waals surface area contributed by atoms with Crippen molar-refractivity contribution >= 4 is 17.2 Å². The first-order valence-corrected chi connectivity index (χ1v) is 8.26. The van der Waals surface area contributed by atoms with Gasteiger partial charge in [-0.15, -0.1) is 5.10 Å². The van der Waals surface area contributed by atoms with Crippen molar-refractivity contribution in [3.63, 3.8) is 0 Å². The molecule has 0 amide bonds. The second-order valence-electron chi connectivity index (χ2n) is 5.88. The van der Waals surface area contributed by atoms with Gasteiger partial charge in [0, 0.05) is 5.56 Å². The Morgan fingerprint density at radius 3 is 2.00 bits per heavy atom. The fourth-order valence-electron chi connectivity index (χ4n) is 2.82. The summed E-state index contributed by atoms with van der Waals surface area (Å²) < 4.78 is 40.6. The van der Waals surface area contributed by atoms with Crippen LogP contribution in [0.5, 0.6) is 0 Å². The molecule has 0 bridgehead atoms. The minimum absolute atomic E-state index is 0.0384. The predicted octanol–water partition coefficient (Wildman–Crippen LogP) is 4.81. The first kappa shape index (κ1) is 17.0. The zero-order valence-electron chi connectivity index (χ0n) is 14.1. The number of hydrogen-bond donors (Lipinski definition) is 1. The highest BCUT2D eigenvalue weighted by molar-refractivity contribution is 6.02. The summed E-state index contributed by atoms with van der Waals surface area (Å²) in [5, 5.41) is 7.24. The molecule has 1 aliphatic heterocycles. The van der Waals surface area contributed by atoms with E-state index >= 15 is 0 Å². The van der Waals surface area contributed by atoms with Gasteiger partial charge in [0.1, 0.15) is 0 Å². The molecule has 1 heterocycles. The molecule has 0 aromatic heterocycles. The third kappa shape index (κ3) is 3.31. The molecule has 1 N–H and O–H groups in total. The molecule has 1 aliphatic rings. The molecule has 0 spiro atoms. The summed E-state index contributed by atoms with van der Waals surface area (Å²) >= 11 is 0. The van der Waals surface area contributed by atoms with Gasteiger partial charge in [-0.3, -0.25) is 5.43 Å². The molecule has 0 saturated heterocycles. The number of hydrazine groups is 2. The molecule has 0 aliphatic carbocycles. The number of rotatable bonds is 3. The first-order chi connectivity index (χ1) is 13.0. The van der Waals surface area contributed by atoms with Gasteiger partial charge in [0.2, 0.25) is 0 Å². The molecular formula is C20H15F3N4. The summed E-state index contributed by atoms with van der Waals surface area (Å²) in [4.78, 5) is 0. The van der Waals surface area contributed by atoms with E-state index in [1.165, 1.54) is 22.4 Å². The lowest BCUT2D eigenvalue weighted by molar-refractivity contribution is -0.137. The number of hydrazone groups is 1. The maximum atomic E-state index is 13.5. The van der Waals surface area contributed by atoms with Crippen LogP contribution >= 0.6 is 0 Å². The molecule has 3 aromatic rings. The summed E-state index contributed by atoms with van der Waals surface area (Å²) in [5.74, 6) is 0.455. The molecule has 0 radical (unpaired) electrons. The largest absolute Gasteiger partial charge is 0.418 e. The van der Waals surface area contributed by atoms with Crippen molar-refractivity contribution in [1.29, 1.82) is 0 Å². The maximum absolute atomic E-state index is 13.5. The van der Waals surface area contributed by atoms with Gasteiger partial charge in [0.25, 0.3) is 0 Å². The molecule has 136 valence electrons. The molecule has 0 unspecified atom stereocenters. The van der Waals surface area contributed by atoms with Crippen LogP contribution in [0.3, 0.4) is 0 Å². The zero-order valence-corrected chi connectivity index (χ0v) is 14.1. The van der Waals surface area contributed by atoms with E-state index in [1.54, 1.807) is 30.3 Å². The van der Waals surface area contributed by atoms with Crippen LogP contribution in [0.15, 0.2) is 90.0 Å². The van der Waals surface area contributed by atoms with Crippen LogP contribution < -0.4 is 15.7 Å². The number of amidine groups is 1. The standard InChI is InChI=1S/C20H15F3N4/c21-20(22,23)17-13-7-8-14-18(17)27-25-19(15-9-3-1-4-10-15)24-26(27)16-11-5-2-6-12-16/h1-14H,(H,24,25). The van der Waals surface area contributed by atoms with E-state index in [4.69, 9.17) is 0 Å². The van der Waals surface area contributed by atoms with Crippen molar-refractivity contribution in [1.82, 2.24) is 5.43 Å². The zero-order chi connectivity index (χ0) is 18.9. The molecule has 0 fully saturated rings. The lowest BCUT2D eigenvalue weighted by Gasteiger charge is -2.29. The van der Waals surface area contributed by atoms with Crippen molar-refractivity contribution in [3.8, 4) is 0 Å². The fourth-order valence-corrected chi connectivity index (χ4v) is 2.82. The van der Waals surface area contributed by atoms with E-state index < -0.39 is 11.7 Å². The third-order valence-electron chi connectivity index (χ3n) is 4.07. The number of anilines is 2. The van der Waals surface area contributed by atoms with Crippen molar-refractivity contribution in [2.75, 3.05) is 10.2 Å². The number of hydrogen-bond acceptors (Lipinski definition) is 4. The maximum Gasteiger partial charge on any atom is 0.418 e. The number of halogens is 3. The minimum atomic E-state index is -4.49. The molecule has 27 heavy (non-hydrogen) atoms. The number of benzene rings is 3. The van der Waals surface area contributed by atoms with Gasteiger partial charge in [-0.25, -0.2) is 0 Å². The quantitative estimate of drug-likeness (QED) is 0.720. The average molecular weight is 368 g/mol. The first-order valence-electron chi connectivity index (χ1n) is 8.26. The van der Waals surface area contributed by atoms with Gasteiger partial charge >= 0.3 is 6.18 Å².